The van der Waals surface area contributed by atoms with Gasteiger partial charge in [-0.3, -0.25) is 14.7 Å². The number of urea groups is 1. The average Bonchev–Trinajstić information content (AvgIpc) is 3.06. The first-order valence-corrected chi connectivity index (χ1v) is 16.3. The number of carbonyl (C=O) groups is 2. The molecule has 4 rings (SSSR count). The van der Waals surface area contributed by atoms with Crippen molar-refractivity contribution in [2.45, 2.75) is 64.8 Å². The van der Waals surface area contributed by atoms with Crippen molar-refractivity contribution < 1.29 is 28.9 Å². The molecule has 3 N–H and O–H groups in total. The van der Waals surface area contributed by atoms with E-state index in [2.05, 4.69) is 34.5 Å². The van der Waals surface area contributed by atoms with Crippen LogP contribution in [0.5, 0.6) is 11.5 Å². The Balaban J connectivity index is 1.57. The predicted octanol–water partition coefficient (Wildman–Crippen LogP) is 5.66. The Bertz CT molecular complexity index is 1420. The Labute approximate surface area is 278 Å². The molecule has 1 aliphatic heterocycles. The van der Waals surface area contributed by atoms with E-state index >= 15 is 0 Å². The summed E-state index contributed by atoms with van der Waals surface area (Å²) < 4.78 is 18.0. The fraction of sp³-hybridized carbons (Fsp3) is 0.472. The maximum atomic E-state index is 14.4. The smallest absolute Gasteiger partial charge is 0.323 e. The van der Waals surface area contributed by atoms with Crippen molar-refractivity contribution in [1.82, 2.24) is 14.8 Å². The number of carbonyl (C=O) groups excluding carboxylic acids is 2. The standard InChI is InChI=1S/C36H49N5O6/c1-25-21-41(26(2)24-42)35(43)32-20-30(39-36(44)38-29-9-12-31(45-5)13-10-29)11-14-33(32)47-27(3)8-6-7-19-46-34(25)23-40(4)22-28-15-17-37-18-16-28/h9-18,20,25-27,34,42H,6-8,19,21-24H2,1-5H3,(H2,38,39,44)/t25-,26+,27+,34+/m0/s1. The lowest BCUT2D eigenvalue weighted by Crippen LogP contribution is -2.47. The summed E-state index contributed by atoms with van der Waals surface area (Å²) in [6, 6.07) is 15.2. The summed E-state index contributed by atoms with van der Waals surface area (Å²) in [7, 11) is 3.64. The van der Waals surface area contributed by atoms with Gasteiger partial charge in [0.1, 0.15) is 11.5 Å². The second-order valence-corrected chi connectivity index (χ2v) is 12.4. The van der Waals surface area contributed by atoms with Gasteiger partial charge in [-0.2, -0.15) is 0 Å². The van der Waals surface area contributed by atoms with Crippen LogP contribution in [0.2, 0.25) is 0 Å². The van der Waals surface area contributed by atoms with Crippen molar-refractivity contribution in [1.29, 1.82) is 0 Å². The number of rotatable bonds is 9. The number of nitrogens with zero attached hydrogens (tertiary/aromatic N) is 3. The second kappa shape index (κ2) is 17.7. The molecule has 1 aliphatic rings. The van der Waals surface area contributed by atoms with Gasteiger partial charge in [-0.1, -0.05) is 6.92 Å². The van der Waals surface area contributed by atoms with Crippen LogP contribution >= 0.6 is 0 Å². The molecule has 0 bridgehead atoms. The van der Waals surface area contributed by atoms with Crippen molar-refractivity contribution in [2.75, 3.05) is 51.1 Å². The molecule has 0 radical (unpaired) electrons. The average molecular weight is 648 g/mol. The third-order valence-corrected chi connectivity index (χ3v) is 8.35. The summed E-state index contributed by atoms with van der Waals surface area (Å²) in [5.41, 5.74) is 2.50. The Hall–Kier alpha value is -4.19. The van der Waals surface area contributed by atoms with Gasteiger partial charge in [-0.25, -0.2) is 4.79 Å². The van der Waals surface area contributed by atoms with Crippen LogP contribution < -0.4 is 20.1 Å². The van der Waals surface area contributed by atoms with Crippen LogP contribution in [0, 0.1) is 5.92 Å². The van der Waals surface area contributed by atoms with E-state index in [1.54, 1.807) is 66.9 Å². The van der Waals surface area contributed by atoms with Crippen LogP contribution in [0.25, 0.3) is 0 Å². The maximum absolute atomic E-state index is 14.4. The fourth-order valence-corrected chi connectivity index (χ4v) is 5.60. The predicted molar refractivity (Wildman–Crippen MR) is 183 cm³/mol. The zero-order valence-corrected chi connectivity index (χ0v) is 28.1. The summed E-state index contributed by atoms with van der Waals surface area (Å²) >= 11 is 0. The molecular weight excluding hydrogens is 598 g/mol. The molecule has 11 heteroatoms. The molecule has 2 heterocycles. The van der Waals surface area contributed by atoms with Gasteiger partial charge in [-0.05, 0) is 100 Å². The molecule has 1 aromatic heterocycles. The summed E-state index contributed by atoms with van der Waals surface area (Å²) in [5, 5.41) is 15.9. The van der Waals surface area contributed by atoms with Crippen LogP contribution in [0.1, 0.15) is 56.0 Å². The van der Waals surface area contributed by atoms with E-state index in [1.165, 1.54) is 0 Å². The Morgan fingerprint density at radius 3 is 2.49 bits per heavy atom. The monoisotopic (exact) mass is 647 g/mol. The van der Waals surface area contributed by atoms with Gasteiger partial charge in [0.15, 0.2) is 0 Å². The Morgan fingerprint density at radius 2 is 1.79 bits per heavy atom. The Kier molecular flexibility index (Phi) is 13.4. The highest BCUT2D eigenvalue weighted by atomic mass is 16.5. The second-order valence-electron chi connectivity index (χ2n) is 12.4. The SMILES string of the molecule is COc1ccc(NC(=O)Nc2ccc3c(c2)C(=O)N([C@H](C)CO)C[C@H](C)[C@@H](CN(C)Cc2ccncc2)OCCCC[C@@H](C)O3)cc1. The number of pyridine rings is 1. The van der Waals surface area contributed by atoms with E-state index in [0.29, 0.717) is 48.1 Å². The number of hydrogen-bond donors (Lipinski definition) is 3. The number of aliphatic hydroxyl groups excluding tert-OH is 1. The summed E-state index contributed by atoms with van der Waals surface area (Å²) in [4.78, 5) is 35.3. The number of hydrogen-bond acceptors (Lipinski definition) is 8. The molecule has 47 heavy (non-hydrogen) atoms. The van der Waals surface area contributed by atoms with Crippen LogP contribution in [-0.4, -0.2) is 90.5 Å². The van der Waals surface area contributed by atoms with Crippen molar-refractivity contribution in [3.63, 3.8) is 0 Å². The van der Waals surface area contributed by atoms with Crippen LogP contribution in [-0.2, 0) is 11.3 Å². The normalized spacial score (nSPS) is 20.0. The van der Waals surface area contributed by atoms with Gasteiger partial charge in [0.05, 0.1) is 37.5 Å². The van der Waals surface area contributed by atoms with E-state index in [-0.39, 0.29) is 30.6 Å². The molecule has 254 valence electrons. The van der Waals surface area contributed by atoms with Crippen molar-refractivity contribution >= 4 is 23.3 Å². The lowest BCUT2D eigenvalue weighted by molar-refractivity contribution is -0.0177. The minimum absolute atomic E-state index is 0.0457. The first-order valence-electron chi connectivity index (χ1n) is 16.3. The highest BCUT2D eigenvalue weighted by Crippen LogP contribution is 2.29. The van der Waals surface area contributed by atoms with E-state index in [4.69, 9.17) is 14.2 Å². The highest BCUT2D eigenvalue weighted by Gasteiger charge is 2.30. The van der Waals surface area contributed by atoms with E-state index < -0.39 is 12.1 Å². The van der Waals surface area contributed by atoms with Crippen LogP contribution in [0.3, 0.4) is 0 Å². The van der Waals surface area contributed by atoms with Gasteiger partial charge < -0.3 is 34.9 Å². The molecule has 0 unspecified atom stereocenters. The Morgan fingerprint density at radius 1 is 1.09 bits per heavy atom. The lowest BCUT2D eigenvalue weighted by atomic mass is 10.0. The number of nitrogens with one attached hydrogen (secondary N) is 2. The fourth-order valence-electron chi connectivity index (χ4n) is 5.60. The minimum atomic E-state index is -0.465. The van der Waals surface area contributed by atoms with Gasteiger partial charge in [-0.15, -0.1) is 0 Å². The summed E-state index contributed by atoms with van der Waals surface area (Å²) in [6.45, 7) is 8.08. The van der Waals surface area contributed by atoms with Crippen molar-refractivity contribution in [2.24, 2.45) is 5.92 Å². The van der Waals surface area contributed by atoms with E-state index in [0.717, 1.165) is 31.4 Å². The van der Waals surface area contributed by atoms with Gasteiger partial charge in [0.2, 0.25) is 0 Å². The molecule has 0 saturated heterocycles. The third-order valence-electron chi connectivity index (χ3n) is 8.35. The molecule has 2 aromatic carbocycles. The number of amides is 3. The van der Waals surface area contributed by atoms with Crippen LogP contribution in [0.15, 0.2) is 67.0 Å². The van der Waals surface area contributed by atoms with Gasteiger partial charge in [0.25, 0.3) is 5.91 Å². The van der Waals surface area contributed by atoms with Gasteiger partial charge in [0, 0.05) is 55.9 Å². The van der Waals surface area contributed by atoms with E-state index in [1.807, 2.05) is 26.0 Å². The number of ether oxygens (including phenoxy) is 3. The molecule has 3 amide bonds. The number of benzene rings is 2. The topological polar surface area (TPSA) is 125 Å². The summed E-state index contributed by atoms with van der Waals surface area (Å²) in [5.74, 6) is 0.783. The first kappa shape index (κ1) is 35.7. The largest absolute Gasteiger partial charge is 0.497 e. The quantitative estimate of drug-likeness (QED) is 0.272. The number of aromatic nitrogens is 1. The number of anilines is 2. The highest BCUT2D eigenvalue weighted by molar-refractivity contribution is 6.02. The molecule has 3 aromatic rings. The minimum Gasteiger partial charge on any atom is -0.497 e. The molecule has 4 atom stereocenters. The summed E-state index contributed by atoms with van der Waals surface area (Å²) in [6.07, 6.45) is 5.89. The maximum Gasteiger partial charge on any atom is 0.323 e. The number of aliphatic hydroxyl groups is 1. The zero-order valence-electron chi connectivity index (χ0n) is 28.1. The van der Waals surface area contributed by atoms with Crippen LogP contribution in [0.4, 0.5) is 16.2 Å². The lowest BCUT2D eigenvalue weighted by Gasteiger charge is -2.36. The number of methoxy groups -OCH3 is 1. The van der Waals surface area contributed by atoms with E-state index in [9.17, 15) is 14.7 Å². The number of likely N-dealkylation sites (N-methyl/N-ethyl adjacent to an activating group) is 1. The molecule has 0 saturated carbocycles. The molecular formula is C36H49N5O6. The molecule has 11 nitrogen and oxygen atoms in total. The van der Waals surface area contributed by atoms with Crippen molar-refractivity contribution in [3.8, 4) is 11.5 Å². The van der Waals surface area contributed by atoms with Gasteiger partial charge >= 0.3 is 6.03 Å². The third kappa shape index (κ3) is 10.7. The van der Waals surface area contributed by atoms with Crippen molar-refractivity contribution in [3.05, 3.63) is 78.1 Å². The molecule has 0 aliphatic carbocycles. The first-order chi connectivity index (χ1) is 22.7. The molecule has 0 spiro atoms. The number of fused-ring (bicyclic) bond motifs is 1. The zero-order chi connectivity index (χ0) is 33.8. The molecule has 0 fully saturated rings.